The molecule has 146 valence electrons. The van der Waals surface area contributed by atoms with E-state index in [4.69, 9.17) is 11.6 Å². The summed E-state index contributed by atoms with van der Waals surface area (Å²) in [5, 5.41) is 2.54. The van der Waals surface area contributed by atoms with Crippen molar-refractivity contribution >= 4 is 38.9 Å². The maximum atomic E-state index is 13.5. The largest absolute Gasteiger partial charge is 0.324 e. The van der Waals surface area contributed by atoms with E-state index in [0.29, 0.717) is 5.69 Å². The van der Waals surface area contributed by atoms with E-state index in [1.54, 1.807) is 13.0 Å². The Labute approximate surface area is 164 Å². The van der Waals surface area contributed by atoms with Crippen LogP contribution in [0.1, 0.15) is 24.5 Å². The van der Waals surface area contributed by atoms with Crippen LogP contribution in [-0.2, 0) is 14.8 Å². The maximum Gasteiger partial charge on any atom is 0.248 e. The maximum absolute atomic E-state index is 13.5. The number of carbonyl (C=O) groups is 1. The van der Waals surface area contributed by atoms with E-state index in [1.165, 1.54) is 12.1 Å². The molecule has 2 rings (SSSR count). The van der Waals surface area contributed by atoms with Crippen LogP contribution >= 0.6 is 11.6 Å². The van der Waals surface area contributed by atoms with Crippen molar-refractivity contribution in [3.63, 3.8) is 0 Å². The zero-order chi connectivity index (χ0) is 20.4. The first-order valence-electron chi connectivity index (χ1n) is 8.37. The van der Waals surface area contributed by atoms with Crippen molar-refractivity contribution in [2.24, 2.45) is 0 Å². The van der Waals surface area contributed by atoms with Gasteiger partial charge >= 0.3 is 0 Å². The lowest BCUT2D eigenvalue weighted by Gasteiger charge is -2.30. The third-order valence-electron chi connectivity index (χ3n) is 4.26. The number of anilines is 2. The molecule has 0 spiro atoms. The third-order valence-corrected chi connectivity index (χ3v) is 5.73. The first-order chi connectivity index (χ1) is 12.5. The van der Waals surface area contributed by atoms with Gasteiger partial charge in [-0.05, 0) is 61.7 Å². The highest BCUT2D eigenvalue weighted by molar-refractivity contribution is 7.92. The molecule has 2 aromatic carbocycles. The monoisotopic (exact) mass is 412 g/mol. The first kappa shape index (κ1) is 21.2. The van der Waals surface area contributed by atoms with Gasteiger partial charge in [0.05, 0.1) is 17.0 Å². The molecular formula is C19H22ClFN2O3S. The highest BCUT2D eigenvalue weighted by Crippen LogP contribution is 2.28. The van der Waals surface area contributed by atoms with Gasteiger partial charge in [0.25, 0.3) is 0 Å². The van der Waals surface area contributed by atoms with Crippen molar-refractivity contribution in [3.8, 4) is 0 Å². The summed E-state index contributed by atoms with van der Waals surface area (Å²) in [5.41, 5.74) is 2.79. The molecule has 8 heteroatoms. The number of nitrogens with zero attached hydrogens (tertiary/aromatic N) is 1. The topological polar surface area (TPSA) is 66.5 Å². The molecule has 1 amide bonds. The highest BCUT2D eigenvalue weighted by atomic mass is 35.5. The number of hydrogen-bond acceptors (Lipinski definition) is 3. The second kappa shape index (κ2) is 8.27. The molecule has 1 N–H and O–H groups in total. The predicted molar refractivity (Wildman–Crippen MR) is 107 cm³/mol. The fourth-order valence-electron chi connectivity index (χ4n) is 2.73. The fraction of sp³-hybridized carbons (Fsp3) is 0.316. The smallest absolute Gasteiger partial charge is 0.248 e. The van der Waals surface area contributed by atoms with E-state index in [0.717, 1.165) is 27.8 Å². The van der Waals surface area contributed by atoms with Gasteiger partial charge in [-0.25, -0.2) is 12.8 Å². The standard InChI is InChI=1S/C19H22ClFN2O3S/c1-5-18(19(24)22-14-7-6-12(2)13(3)10-14)23(27(4,25)26)15-8-9-17(21)16(20)11-15/h6-11,18H,5H2,1-4H3,(H,22,24)/t18-/m1/s1. The van der Waals surface area contributed by atoms with Crippen molar-refractivity contribution in [1.29, 1.82) is 0 Å². The molecule has 27 heavy (non-hydrogen) atoms. The van der Waals surface area contributed by atoms with E-state index in [-0.39, 0.29) is 17.1 Å². The number of rotatable bonds is 6. The van der Waals surface area contributed by atoms with E-state index in [9.17, 15) is 17.6 Å². The van der Waals surface area contributed by atoms with Gasteiger partial charge in [0, 0.05) is 5.69 Å². The summed E-state index contributed by atoms with van der Waals surface area (Å²) in [6.45, 7) is 5.58. The zero-order valence-electron chi connectivity index (χ0n) is 15.6. The molecule has 0 fully saturated rings. The molecule has 1 atom stereocenters. The highest BCUT2D eigenvalue weighted by Gasteiger charge is 2.32. The van der Waals surface area contributed by atoms with Crippen molar-refractivity contribution in [2.45, 2.75) is 33.2 Å². The minimum Gasteiger partial charge on any atom is -0.324 e. The predicted octanol–water partition coefficient (Wildman–Crippen LogP) is 4.28. The lowest BCUT2D eigenvalue weighted by Crippen LogP contribution is -2.47. The van der Waals surface area contributed by atoms with Crippen LogP contribution in [0.3, 0.4) is 0 Å². The SMILES string of the molecule is CC[C@H](C(=O)Nc1ccc(C)c(C)c1)N(c1ccc(F)c(Cl)c1)S(C)(=O)=O. The molecular weight excluding hydrogens is 391 g/mol. The number of nitrogens with one attached hydrogen (secondary N) is 1. The minimum absolute atomic E-state index is 0.131. The Morgan fingerprint density at radius 2 is 1.85 bits per heavy atom. The molecule has 0 aliphatic carbocycles. The normalized spacial score (nSPS) is 12.5. The molecule has 0 radical (unpaired) electrons. The van der Waals surface area contributed by atoms with Crippen LogP contribution in [0.2, 0.25) is 5.02 Å². The Bertz CT molecular complexity index is 963. The van der Waals surface area contributed by atoms with E-state index in [2.05, 4.69) is 5.32 Å². The molecule has 0 bridgehead atoms. The molecule has 0 aliphatic rings. The van der Waals surface area contributed by atoms with E-state index >= 15 is 0 Å². The number of carbonyl (C=O) groups excluding carboxylic acids is 1. The molecule has 0 aliphatic heterocycles. The summed E-state index contributed by atoms with van der Waals surface area (Å²) in [5.74, 6) is -1.15. The Balaban J connectivity index is 2.40. The third kappa shape index (κ3) is 4.99. The lowest BCUT2D eigenvalue weighted by atomic mass is 10.1. The van der Waals surface area contributed by atoms with Crippen molar-refractivity contribution in [1.82, 2.24) is 0 Å². The van der Waals surface area contributed by atoms with Gasteiger partial charge in [0.15, 0.2) is 0 Å². The van der Waals surface area contributed by atoms with E-state index < -0.39 is 27.8 Å². The van der Waals surface area contributed by atoms with Gasteiger partial charge in [-0.2, -0.15) is 0 Å². The number of hydrogen-bond donors (Lipinski definition) is 1. The average Bonchev–Trinajstić information content (AvgIpc) is 2.57. The lowest BCUT2D eigenvalue weighted by molar-refractivity contribution is -0.117. The summed E-state index contributed by atoms with van der Waals surface area (Å²) in [6, 6.07) is 8.00. The van der Waals surface area contributed by atoms with Crippen LogP contribution in [-0.4, -0.2) is 26.6 Å². The summed E-state index contributed by atoms with van der Waals surface area (Å²) in [4.78, 5) is 12.8. The Morgan fingerprint density at radius 3 is 2.37 bits per heavy atom. The fourth-order valence-corrected chi connectivity index (χ4v) is 4.11. The minimum atomic E-state index is -3.82. The number of amides is 1. The van der Waals surface area contributed by atoms with Gasteiger partial charge in [-0.3, -0.25) is 9.10 Å². The van der Waals surface area contributed by atoms with Crippen molar-refractivity contribution < 1.29 is 17.6 Å². The summed E-state index contributed by atoms with van der Waals surface area (Å²) in [6.07, 6.45) is 1.22. The van der Waals surface area contributed by atoms with Crippen molar-refractivity contribution in [2.75, 3.05) is 15.9 Å². The summed E-state index contributed by atoms with van der Waals surface area (Å²) < 4.78 is 39.2. The van der Waals surface area contributed by atoms with Gasteiger partial charge in [0.1, 0.15) is 11.9 Å². The number of aryl methyl sites for hydroxylation is 2. The number of halogens is 2. The molecule has 0 heterocycles. The van der Waals surface area contributed by atoms with Crippen molar-refractivity contribution in [3.05, 3.63) is 58.4 Å². The number of benzene rings is 2. The molecule has 5 nitrogen and oxygen atoms in total. The quantitative estimate of drug-likeness (QED) is 0.770. The van der Waals surface area contributed by atoms with Gasteiger partial charge < -0.3 is 5.32 Å². The van der Waals surface area contributed by atoms with Crippen LogP contribution in [0.25, 0.3) is 0 Å². The zero-order valence-corrected chi connectivity index (χ0v) is 17.2. The number of sulfonamides is 1. The summed E-state index contributed by atoms with van der Waals surface area (Å²) >= 11 is 5.80. The second-order valence-electron chi connectivity index (χ2n) is 6.37. The van der Waals surface area contributed by atoms with Crippen LogP contribution in [0, 0.1) is 19.7 Å². The summed E-state index contributed by atoms with van der Waals surface area (Å²) in [7, 11) is -3.82. The average molecular weight is 413 g/mol. The molecule has 0 saturated carbocycles. The van der Waals surface area contributed by atoms with Crippen LogP contribution in [0.5, 0.6) is 0 Å². The van der Waals surface area contributed by atoms with Crippen LogP contribution < -0.4 is 9.62 Å². The second-order valence-corrected chi connectivity index (χ2v) is 8.64. The van der Waals surface area contributed by atoms with Crippen LogP contribution in [0.15, 0.2) is 36.4 Å². The Kier molecular flexibility index (Phi) is 6.49. The van der Waals surface area contributed by atoms with Gasteiger partial charge in [-0.1, -0.05) is 24.6 Å². The first-order valence-corrected chi connectivity index (χ1v) is 10.6. The Morgan fingerprint density at radius 1 is 1.19 bits per heavy atom. The van der Waals surface area contributed by atoms with Crippen LogP contribution in [0.4, 0.5) is 15.8 Å². The Hall–Kier alpha value is -2.12. The molecule has 0 aromatic heterocycles. The van der Waals surface area contributed by atoms with E-state index in [1.807, 2.05) is 26.0 Å². The van der Waals surface area contributed by atoms with Gasteiger partial charge in [0.2, 0.25) is 15.9 Å². The molecule has 0 unspecified atom stereocenters. The molecule has 2 aromatic rings. The molecule has 0 saturated heterocycles. The van der Waals surface area contributed by atoms with Gasteiger partial charge in [-0.15, -0.1) is 0 Å².